The number of hydrogen-bond donors (Lipinski definition) is 2. The molecule has 0 aliphatic carbocycles. The Bertz CT molecular complexity index is 604. The highest BCUT2D eigenvalue weighted by Gasteiger charge is 2.38. The second-order valence-electron chi connectivity index (χ2n) is 5.55. The lowest BCUT2D eigenvalue weighted by Gasteiger charge is -2.26. The molecule has 0 saturated carbocycles. The minimum atomic E-state index is -0.340. The fraction of sp³-hybridized carbons (Fsp3) is 0.500. The molecule has 3 rings (SSSR count). The van der Waals surface area contributed by atoms with Crippen molar-refractivity contribution in [3.05, 3.63) is 29.3 Å². The van der Waals surface area contributed by atoms with Crippen LogP contribution >= 0.6 is 23.7 Å². The second-order valence-corrected chi connectivity index (χ2v) is 6.66. The van der Waals surface area contributed by atoms with Crippen molar-refractivity contribution < 1.29 is 4.79 Å². The summed E-state index contributed by atoms with van der Waals surface area (Å²) in [6, 6.07) is 8.15. The van der Waals surface area contributed by atoms with E-state index >= 15 is 0 Å². The molecule has 1 saturated heterocycles. The quantitative estimate of drug-likeness (QED) is 0.880. The smallest absolute Gasteiger partial charge is 0.240 e. The lowest BCUT2D eigenvalue weighted by molar-refractivity contribution is -0.127. The molecule has 2 heterocycles. The van der Waals surface area contributed by atoms with Crippen molar-refractivity contribution in [2.45, 2.75) is 38.1 Å². The lowest BCUT2D eigenvalue weighted by atomic mass is 9.93. The van der Waals surface area contributed by atoms with Crippen molar-refractivity contribution in [1.29, 1.82) is 0 Å². The van der Waals surface area contributed by atoms with Crippen LogP contribution in [0.1, 0.15) is 31.2 Å². The zero-order valence-corrected chi connectivity index (χ0v) is 14.4. The van der Waals surface area contributed by atoms with Crippen LogP contribution < -0.4 is 10.6 Å². The van der Waals surface area contributed by atoms with Gasteiger partial charge in [-0.1, -0.05) is 19.1 Å². The minimum Gasteiger partial charge on any atom is -0.354 e. The Morgan fingerprint density at radius 2 is 2.27 bits per heavy atom. The molecule has 0 spiro atoms. The first-order valence-corrected chi connectivity index (χ1v) is 8.43. The van der Waals surface area contributed by atoms with Crippen molar-refractivity contribution in [3.8, 4) is 0 Å². The van der Waals surface area contributed by atoms with E-state index in [-0.39, 0.29) is 23.9 Å². The van der Waals surface area contributed by atoms with Gasteiger partial charge in [0.25, 0.3) is 0 Å². The molecule has 1 aliphatic heterocycles. The molecule has 120 valence electrons. The van der Waals surface area contributed by atoms with Crippen LogP contribution in [0.2, 0.25) is 0 Å². The Morgan fingerprint density at radius 3 is 2.95 bits per heavy atom. The van der Waals surface area contributed by atoms with Crippen molar-refractivity contribution in [1.82, 2.24) is 15.6 Å². The highest BCUT2D eigenvalue weighted by atomic mass is 35.5. The van der Waals surface area contributed by atoms with Crippen LogP contribution in [0.15, 0.2) is 24.3 Å². The van der Waals surface area contributed by atoms with E-state index < -0.39 is 0 Å². The summed E-state index contributed by atoms with van der Waals surface area (Å²) in [5, 5.41) is 7.52. The van der Waals surface area contributed by atoms with Gasteiger partial charge in [-0.15, -0.1) is 23.7 Å². The van der Waals surface area contributed by atoms with Crippen molar-refractivity contribution >= 4 is 39.9 Å². The van der Waals surface area contributed by atoms with E-state index in [1.165, 1.54) is 4.70 Å². The third-order valence-electron chi connectivity index (χ3n) is 4.24. The fourth-order valence-electron chi connectivity index (χ4n) is 2.94. The number of carbonyl (C=O) groups is 1. The van der Waals surface area contributed by atoms with Crippen LogP contribution in [0.3, 0.4) is 0 Å². The van der Waals surface area contributed by atoms with Gasteiger partial charge in [-0.25, -0.2) is 4.98 Å². The molecule has 1 aliphatic rings. The first kappa shape index (κ1) is 17.2. The number of amides is 1. The Hall–Kier alpha value is -1.17. The number of halogens is 1. The van der Waals surface area contributed by atoms with E-state index in [2.05, 4.69) is 28.6 Å². The number of hydrogen-bond acceptors (Lipinski definition) is 4. The van der Waals surface area contributed by atoms with Gasteiger partial charge in [0.1, 0.15) is 0 Å². The van der Waals surface area contributed by atoms with Gasteiger partial charge in [-0.2, -0.15) is 0 Å². The Balaban J connectivity index is 0.00000176. The predicted molar refractivity (Wildman–Crippen MR) is 93.8 cm³/mol. The molecule has 22 heavy (non-hydrogen) atoms. The van der Waals surface area contributed by atoms with Crippen LogP contribution in [-0.4, -0.2) is 29.5 Å². The predicted octanol–water partition coefficient (Wildman–Crippen LogP) is 2.91. The number of fused-ring (bicyclic) bond motifs is 1. The van der Waals surface area contributed by atoms with Gasteiger partial charge in [-0.05, 0) is 37.9 Å². The van der Waals surface area contributed by atoms with E-state index in [9.17, 15) is 4.79 Å². The number of nitrogens with one attached hydrogen (secondary N) is 2. The topological polar surface area (TPSA) is 54.0 Å². The van der Waals surface area contributed by atoms with Gasteiger partial charge in [0, 0.05) is 13.0 Å². The Morgan fingerprint density at radius 1 is 1.45 bits per heavy atom. The van der Waals surface area contributed by atoms with E-state index in [0.717, 1.165) is 42.8 Å². The number of rotatable bonds is 5. The van der Waals surface area contributed by atoms with Crippen LogP contribution in [0.25, 0.3) is 10.2 Å². The third kappa shape index (κ3) is 3.42. The molecule has 1 atom stereocenters. The van der Waals surface area contributed by atoms with E-state index in [4.69, 9.17) is 0 Å². The summed E-state index contributed by atoms with van der Waals surface area (Å²) in [5.41, 5.74) is 0.708. The number of aromatic nitrogens is 1. The Labute approximate surface area is 141 Å². The summed E-state index contributed by atoms with van der Waals surface area (Å²) in [6.45, 7) is 3.67. The minimum absolute atomic E-state index is 0. The van der Waals surface area contributed by atoms with Gasteiger partial charge in [0.2, 0.25) is 5.91 Å². The molecule has 1 aromatic carbocycles. The normalized spacial score (nSPS) is 20.8. The van der Waals surface area contributed by atoms with Gasteiger partial charge in [-0.3, -0.25) is 4.79 Å². The molecule has 6 heteroatoms. The molecule has 0 bridgehead atoms. The summed E-state index contributed by atoms with van der Waals surface area (Å²) >= 11 is 1.71. The average molecular weight is 340 g/mol. The van der Waals surface area contributed by atoms with E-state index in [1.807, 2.05) is 18.2 Å². The van der Waals surface area contributed by atoms with Crippen LogP contribution in [0.4, 0.5) is 0 Å². The molecule has 4 nitrogen and oxygen atoms in total. The molecular formula is C16H22ClN3OS. The van der Waals surface area contributed by atoms with Crippen LogP contribution in [0, 0.1) is 0 Å². The average Bonchev–Trinajstić information content (AvgIpc) is 3.14. The molecular weight excluding hydrogens is 318 g/mol. The van der Waals surface area contributed by atoms with Crippen LogP contribution in [0.5, 0.6) is 0 Å². The van der Waals surface area contributed by atoms with Gasteiger partial charge in [0.05, 0.1) is 20.8 Å². The maximum Gasteiger partial charge on any atom is 0.240 e. The van der Waals surface area contributed by atoms with Gasteiger partial charge in [0.15, 0.2) is 0 Å². The number of nitrogens with zero attached hydrogens (tertiary/aromatic N) is 1. The highest BCUT2D eigenvalue weighted by molar-refractivity contribution is 7.18. The van der Waals surface area contributed by atoms with E-state index in [0.29, 0.717) is 6.54 Å². The fourth-order valence-corrected chi connectivity index (χ4v) is 3.91. The number of benzene rings is 1. The van der Waals surface area contributed by atoms with Crippen LogP contribution in [-0.2, 0) is 11.2 Å². The maximum atomic E-state index is 12.4. The standard InChI is InChI=1S/C16H21N3OS.ClH/c1-2-16(9-5-10-18-16)15(20)17-11-8-14-19-12-6-3-4-7-13(12)21-14;/h3-4,6-7,18H,2,5,8-11H2,1H3,(H,17,20);1H. The maximum absolute atomic E-state index is 12.4. The summed E-state index contributed by atoms with van der Waals surface area (Å²) < 4.78 is 1.21. The molecule has 1 unspecified atom stereocenters. The lowest BCUT2D eigenvalue weighted by Crippen LogP contribution is -2.53. The first-order valence-electron chi connectivity index (χ1n) is 7.61. The molecule has 1 aromatic heterocycles. The van der Waals surface area contributed by atoms with Crippen molar-refractivity contribution in [2.75, 3.05) is 13.1 Å². The van der Waals surface area contributed by atoms with E-state index in [1.54, 1.807) is 11.3 Å². The molecule has 0 radical (unpaired) electrons. The van der Waals surface area contributed by atoms with Gasteiger partial charge < -0.3 is 10.6 Å². The van der Waals surface area contributed by atoms with Crippen molar-refractivity contribution in [2.24, 2.45) is 0 Å². The monoisotopic (exact) mass is 339 g/mol. The highest BCUT2D eigenvalue weighted by Crippen LogP contribution is 2.24. The number of carbonyl (C=O) groups excluding carboxylic acids is 1. The zero-order valence-electron chi connectivity index (χ0n) is 12.7. The number of para-hydroxylation sites is 1. The zero-order chi connectivity index (χ0) is 14.7. The molecule has 2 N–H and O–H groups in total. The largest absolute Gasteiger partial charge is 0.354 e. The summed E-state index contributed by atoms with van der Waals surface area (Å²) in [4.78, 5) is 17.0. The molecule has 1 amide bonds. The Kier molecular flexibility index (Phi) is 5.78. The first-order chi connectivity index (χ1) is 10.2. The summed E-state index contributed by atoms with van der Waals surface area (Å²) in [6.07, 6.45) is 3.67. The number of thiazole rings is 1. The van der Waals surface area contributed by atoms with Crippen molar-refractivity contribution in [3.63, 3.8) is 0 Å². The second kappa shape index (κ2) is 7.40. The molecule has 1 fully saturated rings. The third-order valence-corrected chi connectivity index (χ3v) is 5.34. The SMILES string of the molecule is CCC1(C(=O)NCCc2nc3ccccc3s2)CCCN1.Cl. The van der Waals surface area contributed by atoms with Gasteiger partial charge >= 0.3 is 0 Å². The molecule has 2 aromatic rings. The summed E-state index contributed by atoms with van der Waals surface area (Å²) in [7, 11) is 0. The summed E-state index contributed by atoms with van der Waals surface area (Å²) in [5.74, 6) is 0.142.